The molecule has 0 aliphatic carbocycles. The van der Waals surface area contributed by atoms with Crippen molar-refractivity contribution in [2.24, 2.45) is 5.73 Å². The minimum Gasteiger partial charge on any atom is -0.327 e. The molecule has 20 heavy (non-hydrogen) atoms. The van der Waals surface area contributed by atoms with Gasteiger partial charge in [0, 0.05) is 33.7 Å². The lowest BCUT2D eigenvalue weighted by atomic mass is 10.1. The minimum absolute atomic E-state index is 0.178. The summed E-state index contributed by atoms with van der Waals surface area (Å²) in [4.78, 5) is 10.1. The Morgan fingerprint density at radius 1 is 1.25 bits per heavy atom. The van der Waals surface area contributed by atoms with Gasteiger partial charge in [-0.1, -0.05) is 22.9 Å². The standard InChI is InChI=1S/C15H18BrN3S/c1-2-12(17)9-13-7-8-18-15(19-13)10-20-14-5-3-11(16)4-6-14/h3-8,12H,2,9-10,17H2,1H3. The molecule has 0 bridgehead atoms. The van der Waals surface area contributed by atoms with E-state index in [1.54, 1.807) is 11.8 Å². The van der Waals surface area contributed by atoms with Crippen LogP contribution in [0.2, 0.25) is 0 Å². The van der Waals surface area contributed by atoms with Gasteiger partial charge < -0.3 is 5.73 Å². The molecule has 1 atom stereocenters. The Bertz CT molecular complexity index is 545. The molecule has 0 aliphatic heterocycles. The first-order valence-corrected chi connectivity index (χ1v) is 8.40. The Morgan fingerprint density at radius 3 is 2.70 bits per heavy atom. The van der Waals surface area contributed by atoms with Gasteiger partial charge in [-0.2, -0.15) is 0 Å². The second kappa shape index (κ2) is 7.76. The summed E-state index contributed by atoms with van der Waals surface area (Å²) in [5.41, 5.74) is 6.99. The predicted octanol–water partition coefficient (Wildman–Crippen LogP) is 3.81. The third-order valence-corrected chi connectivity index (χ3v) is 4.48. The van der Waals surface area contributed by atoms with Gasteiger partial charge in [0.05, 0.1) is 5.75 Å². The first-order chi connectivity index (χ1) is 9.67. The highest BCUT2D eigenvalue weighted by molar-refractivity contribution is 9.10. The third kappa shape index (κ3) is 4.89. The Hall–Kier alpha value is -0.910. The molecular formula is C15H18BrN3S. The van der Waals surface area contributed by atoms with Crippen molar-refractivity contribution in [3.63, 3.8) is 0 Å². The van der Waals surface area contributed by atoms with Gasteiger partial charge in [-0.05, 0) is 36.8 Å². The molecule has 1 heterocycles. The number of nitrogens with zero attached hydrogens (tertiary/aromatic N) is 2. The van der Waals surface area contributed by atoms with E-state index < -0.39 is 0 Å². The van der Waals surface area contributed by atoms with E-state index in [4.69, 9.17) is 5.73 Å². The van der Waals surface area contributed by atoms with Crippen molar-refractivity contribution in [2.75, 3.05) is 0 Å². The third-order valence-electron chi connectivity index (χ3n) is 2.94. The van der Waals surface area contributed by atoms with E-state index in [-0.39, 0.29) is 6.04 Å². The van der Waals surface area contributed by atoms with Crippen LogP contribution in [-0.2, 0) is 12.2 Å². The Morgan fingerprint density at radius 2 is 2.00 bits per heavy atom. The van der Waals surface area contributed by atoms with Crippen LogP contribution < -0.4 is 5.73 Å². The van der Waals surface area contributed by atoms with Crippen LogP contribution in [0.1, 0.15) is 24.9 Å². The molecule has 2 aromatic rings. The Labute approximate surface area is 132 Å². The fourth-order valence-corrected chi connectivity index (χ4v) is 2.74. The molecule has 5 heteroatoms. The lowest BCUT2D eigenvalue weighted by Gasteiger charge is -2.08. The molecule has 0 aliphatic rings. The summed E-state index contributed by atoms with van der Waals surface area (Å²) in [7, 11) is 0. The van der Waals surface area contributed by atoms with E-state index in [2.05, 4.69) is 45.0 Å². The molecule has 1 aromatic heterocycles. The van der Waals surface area contributed by atoms with Crippen molar-refractivity contribution in [3.8, 4) is 0 Å². The number of hydrogen-bond acceptors (Lipinski definition) is 4. The van der Waals surface area contributed by atoms with E-state index in [0.717, 1.165) is 34.6 Å². The molecule has 3 nitrogen and oxygen atoms in total. The van der Waals surface area contributed by atoms with Crippen molar-refractivity contribution in [2.45, 2.75) is 36.5 Å². The Kier molecular flexibility index (Phi) is 6.01. The average molecular weight is 352 g/mol. The van der Waals surface area contributed by atoms with E-state index in [9.17, 15) is 0 Å². The number of thioether (sulfide) groups is 1. The van der Waals surface area contributed by atoms with Crippen LogP contribution in [0.4, 0.5) is 0 Å². The van der Waals surface area contributed by atoms with Crippen LogP contribution in [0.15, 0.2) is 45.9 Å². The quantitative estimate of drug-likeness (QED) is 0.804. The van der Waals surface area contributed by atoms with Crippen LogP contribution >= 0.6 is 27.7 Å². The molecule has 0 radical (unpaired) electrons. The maximum atomic E-state index is 5.96. The zero-order chi connectivity index (χ0) is 14.4. The van der Waals surface area contributed by atoms with E-state index in [1.807, 2.05) is 24.4 Å². The van der Waals surface area contributed by atoms with Gasteiger partial charge in [-0.3, -0.25) is 0 Å². The molecule has 0 fully saturated rings. The summed E-state index contributed by atoms with van der Waals surface area (Å²) < 4.78 is 1.09. The molecule has 1 unspecified atom stereocenters. The number of aromatic nitrogens is 2. The summed E-state index contributed by atoms with van der Waals surface area (Å²) in [6.07, 6.45) is 3.60. The first kappa shape index (κ1) is 15.5. The Balaban J connectivity index is 1.95. The number of nitrogens with two attached hydrogens (primary N) is 1. The van der Waals surface area contributed by atoms with Crippen molar-refractivity contribution < 1.29 is 0 Å². The fourth-order valence-electron chi connectivity index (χ4n) is 1.72. The number of hydrogen-bond donors (Lipinski definition) is 1. The van der Waals surface area contributed by atoms with Crippen LogP contribution in [0, 0.1) is 0 Å². The van der Waals surface area contributed by atoms with Crippen molar-refractivity contribution in [3.05, 3.63) is 52.5 Å². The van der Waals surface area contributed by atoms with Gasteiger partial charge in [0.15, 0.2) is 0 Å². The highest BCUT2D eigenvalue weighted by atomic mass is 79.9. The predicted molar refractivity (Wildman–Crippen MR) is 87.7 cm³/mol. The zero-order valence-electron chi connectivity index (χ0n) is 11.4. The zero-order valence-corrected chi connectivity index (χ0v) is 13.8. The van der Waals surface area contributed by atoms with Gasteiger partial charge in [-0.25, -0.2) is 9.97 Å². The average Bonchev–Trinajstić information content (AvgIpc) is 2.47. The van der Waals surface area contributed by atoms with Crippen molar-refractivity contribution >= 4 is 27.7 Å². The molecule has 2 N–H and O–H groups in total. The molecule has 0 saturated carbocycles. The topological polar surface area (TPSA) is 51.8 Å². The molecule has 0 spiro atoms. The fraction of sp³-hybridized carbons (Fsp3) is 0.333. The highest BCUT2D eigenvalue weighted by Crippen LogP contribution is 2.23. The number of halogens is 1. The SMILES string of the molecule is CCC(N)Cc1ccnc(CSc2ccc(Br)cc2)n1. The van der Waals surface area contributed by atoms with Gasteiger partial charge in [0.25, 0.3) is 0 Å². The normalized spacial score (nSPS) is 12.3. The molecule has 2 rings (SSSR count). The van der Waals surface area contributed by atoms with Crippen molar-refractivity contribution in [1.82, 2.24) is 9.97 Å². The highest BCUT2D eigenvalue weighted by Gasteiger charge is 2.05. The van der Waals surface area contributed by atoms with Gasteiger partial charge in [0.1, 0.15) is 5.82 Å². The van der Waals surface area contributed by atoms with Crippen LogP contribution in [0.25, 0.3) is 0 Å². The number of benzene rings is 1. The molecular weight excluding hydrogens is 334 g/mol. The maximum Gasteiger partial charge on any atom is 0.138 e. The molecule has 106 valence electrons. The minimum atomic E-state index is 0.178. The summed E-state index contributed by atoms with van der Waals surface area (Å²) in [5.74, 6) is 1.63. The summed E-state index contributed by atoms with van der Waals surface area (Å²) in [5, 5.41) is 0. The maximum absolute atomic E-state index is 5.96. The lowest BCUT2D eigenvalue weighted by molar-refractivity contribution is 0.634. The van der Waals surface area contributed by atoms with E-state index in [1.165, 1.54) is 4.90 Å². The second-order valence-electron chi connectivity index (χ2n) is 4.58. The summed E-state index contributed by atoms with van der Waals surface area (Å²) >= 11 is 5.17. The van der Waals surface area contributed by atoms with E-state index >= 15 is 0 Å². The van der Waals surface area contributed by atoms with Crippen LogP contribution in [0.5, 0.6) is 0 Å². The van der Waals surface area contributed by atoms with E-state index in [0.29, 0.717) is 0 Å². The summed E-state index contributed by atoms with van der Waals surface area (Å²) in [6.45, 7) is 2.09. The van der Waals surface area contributed by atoms with Crippen molar-refractivity contribution in [1.29, 1.82) is 0 Å². The lowest BCUT2D eigenvalue weighted by Crippen LogP contribution is -2.22. The van der Waals surface area contributed by atoms with Gasteiger partial charge in [0.2, 0.25) is 0 Å². The monoisotopic (exact) mass is 351 g/mol. The largest absolute Gasteiger partial charge is 0.327 e. The van der Waals surface area contributed by atoms with Gasteiger partial charge >= 0.3 is 0 Å². The number of rotatable bonds is 6. The molecule has 0 saturated heterocycles. The molecule has 0 amide bonds. The van der Waals surface area contributed by atoms with Crippen LogP contribution in [0.3, 0.4) is 0 Å². The smallest absolute Gasteiger partial charge is 0.138 e. The first-order valence-electron chi connectivity index (χ1n) is 6.62. The van der Waals surface area contributed by atoms with Crippen LogP contribution in [-0.4, -0.2) is 16.0 Å². The second-order valence-corrected chi connectivity index (χ2v) is 6.54. The summed E-state index contributed by atoms with van der Waals surface area (Å²) in [6, 6.07) is 10.4. The molecule has 1 aromatic carbocycles. The van der Waals surface area contributed by atoms with Gasteiger partial charge in [-0.15, -0.1) is 11.8 Å².